The van der Waals surface area contributed by atoms with E-state index in [-0.39, 0.29) is 24.9 Å². The molecule has 0 spiro atoms. The summed E-state index contributed by atoms with van der Waals surface area (Å²) in [4.78, 5) is 11.4. The predicted octanol–water partition coefficient (Wildman–Crippen LogP) is 2.76. The number of carbonyl (C=O) groups is 1. The van der Waals surface area contributed by atoms with Gasteiger partial charge in [-0.1, -0.05) is 24.3 Å². The van der Waals surface area contributed by atoms with E-state index in [1.54, 1.807) is 37.4 Å². The van der Waals surface area contributed by atoms with Gasteiger partial charge in [-0.05, 0) is 29.3 Å². The molecule has 0 saturated heterocycles. The highest BCUT2D eigenvalue weighted by Gasteiger charge is 2.10. The van der Waals surface area contributed by atoms with Crippen molar-refractivity contribution >= 4 is 5.97 Å². The van der Waals surface area contributed by atoms with Gasteiger partial charge in [0.25, 0.3) is 0 Å². The van der Waals surface area contributed by atoms with Crippen LogP contribution >= 0.6 is 0 Å². The molecule has 2 aromatic rings. The first kappa shape index (κ1) is 15.9. The SMILES string of the molecule is COCOc1cc(CC(=O)OC)ccc1-c1ccc(O)cc1. The van der Waals surface area contributed by atoms with Gasteiger partial charge in [-0.15, -0.1) is 0 Å². The van der Waals surface area contributed by atoms with E-state index in [0.29, 0.717) is 5.75 Å². The third-order valence-corrected chi connectivity index (χ3v) is 3.13. The Morgan fingerprint density at radius 1 is 1.09 bits per heavy atom. The molecule has 0 amide bonds. The van der Waals surface area contributed by atoms with E-state index in [2.05, 4.69) is 4.74 Å². The van der Waals surface area contributed by atoms with E-state index in [1.807, 2.05) is 12.1 Å². The van der Waals surface area contributed by atoms with Gasteiger partial charge in [-0.25, -0.2) is 0 Å². The van der Waals surface area contributed by atoms with Crippen molar-refractivity contribution < 1.29 is 24.1 Å². The Bertz CT molecular complexity index is 634. The molecule has 22 heavy (non-hydrogen) atoms. The van der Waals surface area contributed by atoms with Gasteiger partial charge in [-0.3, -0.25) is 4.79 Å². The molecule has 0 radical (unpaired) electrons. The molecule has 1 N–H and O–H groups in total. The molecule has 0 aliphatic carbocycles. The van der Waals surface area contributed by atoms with Gasteiger partial charge in [0.1, 0.15) is 11.5 Å². The van der Waals surface area contributed by atoms with Crippen LogP contribution in [0.4, 0.5) is 0 Å². The summed E-state index contributed by atoms with van der Waals surface area (Å²) in [5.74, 6) is 0.495. The Kier molecular flexibility index (Phi) is 5.38. The van der Waals surface area contributed by atoms with Crippen LogP contribution in [0.25, 0.3) is 11.1 Å². The summed E-state index contributed by atoms with van der Waals surface area (Å²) in [6, 6.07) is 12.3. The maximum absolute atomic E-state index is 11.4. The molecule has 0 aliphatic heterocycles. The summed E-state index contributed by atoms with van der Waals surface area (Å²) in [7, 11) is 2.90. The fraction of sp³-hybridized carbons (Fsp3) is 0.235. The maximum Gasteiger partial charge on any atom is 0.309 e. The lowest BCUT2D eigenvalue weighted by atomic mass is 10.0. The van der Waals surface area contributed by atoms with Crippen molar-refractivity contribution in [1.29, 1.82) is 0 Å². The zero-order chi connectivity index (χ0) is 15.9. The number of aromatic hydroxyl groups is 1. The van der Waals surface area contributed by atoms with Crippen molar-refractivity contribution in [2.24, 2.45) is 0 Å². The minimum atomic E-state index is -0.310. The molecule has 2 rings (SSSR count). The lowest BCUT2D eigenvalue weighted by Gasteiger charge is -2.13. The van der Waals surface area contributed by atoms with E-state index in [0.717, 1.165) is 16.7 Å². The third-order valence-electron chi connectivity index (χ3n) is 3.13. The Labute approximate surface area is 129 Å². The highest BCUT2D eigenvalue weighted by Crippen LogP contribution is 2.32. The van der Waals surface area contributed by atoms with Crippen molar-refractivity contribution in [3.63, 3.8) is 0 Å². The van der Waals surface area contributed by atoms with Crippen molar-refractivity contribution in [1.82, 2.24) is 0 Å². The highest BCUT2D eigenvalue weighted by molar-refractivity contribution is 5.75. The van der Waals surface area contributed by atoms with Crippen LogP contribution in [0.3, 0.4) is 0 Å². The van der Waals surface area contributed by atoms with Crippen LogP contribution in [0, 0.1) is 0 Å². The summed E-state index contributed by atoms with van der Waals surface area (Å²) in [5.41, 5.74) is 2.54. The molecule has 2 aromatic carbocycles. The van der Waals surface area contributed by atoms with Gasteiger partial charge in [0.15, 0.2) is 6.79 Å². The Balaban J connectivity index is 2.35. The topological polar surface area (TPSA) is 65.0 Å². The summed E-state index contributed by atoms with van der Waals surface area (Å²) >= 11 is 0. The van der Waals surface area contributed by atoms with Crippen molar-refractivity contribution in [3.8, 4) is 22.6 Å². The molecular weight excluding hydrogens is 284 g/mol. The first-order chi connectivity index (χ1) is 10.6. The van der Waals surface area contributed by atoms with Gasteiger partial charge < -0.3 is 19.3 Å². The number of methoxy groups -OCH3 is 2. The number of phenolic OH excluding ortho intramolecular Hbond substituents is 1. The van der Waals surface area contributed by atoms with Crippen LogP contribution in [0.5, 0.6) is 11.5 Å². The summed E-state index contributed by atoms with van der Waals surface area (Å²) in [5, 5.41) is 9.38. The molecule has 0 fully saturated rings. The minimum Gasteiger partial charge on any atom is -0.508 e. The molecule has 0 bridgehead atoms. The summed E-state index contributed by atoms with van der Waals surface area (Å²) < 4.78 is 15.2. The van der Waals surface area contributed by atoms with Gasteiger partial charge in [-0.2, -0.15) is 0 Å². The average molecular weight is 302 g/mol. The standard InChI is InChI=1S/C17H18O5/c1-20-11-22-16-9-12(10-17(19)21-2)3-8-15(16)13-4-6-14(18)7-5-13/h3-9,18H,10-11H2,1-2H3. The van der Waals surface area contributed by atoms with Crippen LogP contribution in [-0.2, 0) is 20.7 Å². The Morgan fingerprint density at radius 3 is 2.45 bits per heavy atom. The lowest BCUT2D eigenvalue weighted by Crippen LogP contribution is -2.06. The fourth-order valence-electron chi connectivity index (χ4n) is 2.04. The fourth-order valence-corrected chi connectivity index (χ4v) is 2.04. The van der Waals surface area contributed by atoms with E-state index < -0.39 is 0 Å². The monoisotopic (exact) mass is 302 g/mol. The molecular formula is C17H18O5. The van der Waals surface area contributed by atoms with Crippen molar-refractivity contribution in [2.75, 3.05) is 21.0 Å². The molecule has 0 heterocycles. The zero-order valence-corrected chi connectivity index (χ0v) is 12.5. The second-order valence-corrected chi connectivity index (χ2v) is 4.68. The Morgan fingerprint density at radius 2 is 1.82 bits per heavy atom. The van der Waals surface area contributed by atoms with Gasteiger partial charge in [0.05, 0.1) is 13.5 Å². The van der Waals surface area contributed by atoms with E-state index >= 15 is 0 Å². The molecule has 0 unspecified atom stereocenters. The maximum atomic E-state index is 11.4. The van der Waals surface area contributed by atoms with Crippen LogP contribution in [0.2, 0.25) is 0 Å². The zero-order valence-electron chi connectivity index (χ0n) is 12.5. The molecule has 116 valence electrons. The molecule has 0 aromatic heterocycles. The smallest absolute Gasteiger partial charge is 0.309 e. The number of hydrogen-bond acceptors (Lipinski definition) is 5. The van der Waals surface area contributed by atoms with Crippen molar-refractivity contribution in [3.05, 3.63) is 48.0 Å². The molecule has 5 heteroatoms. The number of esters is 1. The summed E-state index contributed by atoms with van der Waals surface area (Å²) in [6.45, 7) is 0.104. The van der Waals surface area contributed by atoms with E-state index in [1.165, 1.54) is 7.11 Å². The van der Waals surface area contributed by atoms with Crippen LogP contribution in [0.1, 0.15) is 5.56 Å². The Hall–Kier alpha value is -2.53. The van der Waals surface area contributed by atoms with Crippen LogP contribution in [-0.4, -0.2) is 32.1 Å². The molecule has 5 nitrogen and oxygen atoms in total. The number of hydrogen-bond donors (Lipinski definition) is 1. The molecule has 0 saturated carbocycles. The van der Waals surface area contributed by atoms with Crippen LogP contribution < -0.4 is 4.74 Å². The first-order valence-electron chi connectivity index (χ1n) is 6.75. The van der Waals surface area contributed by atoms with Crippen LogP contribution in [0.15, 0.2) is 42.5 Å². The predicted molar refractivity (Wildman–Crippen MR) is 81.8 cm³/mol. The normalized spacial score (nSPS) is 10.3. The number of rotatable bonds is 6. The van der Waals surface area contributed by atoms with Crippen molar-refractivity contribution in [2.45, 2.75) is 6.42 Å². The molecule has 0 atom stereocenters. The van der Waals surface area contributed by atoms with Gasteiger partial charge in [0.2, 0.25) is 0 Å². The number of benzene rings is 2. The van der Waals surface area contributed by atoms with E-state index in [9.17, 15) is 9.90 Å². The number of ether oxygens (including phenoxy) is 3. The summed E-state index contributed by atoms with van der Waals surface area (Å²) in [6.07, 6.45) is 0.176. The first-order valence-corrected chi connectivity index (χ1v) is 6.75. The number of phenols is 1. The van der Waals surface area contributed by atoms with Gasteiger partial charge in [0, 0.05) is 12.7 Å². The second-order valence-electron chi connectivity index (χ2n) is 4.68. The quantitative estimate of drug-likeness (QED) is 0.656. The van der Waals surface area contributed by atoms with E-state index in [4.69, 9.17) is 9.47 Å². The minimum absolute atomic E-state index is 0.104. The van der Waals surface area contributed by atoms with Gasteiger partial charge >= 0.3 is 5.97 Å². The number of carbonyl (C=O) groups excluding carboxylic acids is 1. The average Bonchev–Trinajstić information content (AvgIpc) is 2.54. The largest absolute Gasteiger partial charge is 0.508 e. The molecule has 0 aliphatic rings. The second kappa shape index (κ2) is 7.47. The highest BCUT2D eigenvalue weighted by atomic mass is 16.7. The third kappa shape index (κ3) is 3.99. The lowest BCUT2D eigenvalue weighted by molar-refractivity contribution is -0.139.